The molecule has 1 aromatic rings. The summed E-state index contributed by atoms with van der Waals surface area (Å²) in [6.45, 7) is 1.84. The maximum Gasteiger partial charge on any atom is 0.311 e. The summed E-state index contributed by atoms with van der Waals surface area (Å²) in [6, 6.07) is 3.54. The molecule has 0 amide bonds. The third-order valence-electron chi connectivity index (χ3n) is 3.36. The number of aliphatic carboxylic acids is 1. The number of aromatic hydroxyl groups is 1. The van der Waals surface area contributed by atoms with Crippen molar-refractivity contribution in [1.82, 2.24) is 0 Å². The van der Waals surface area contributed by atoms with Crippen molar-refractivity contribution >= 4 is 5.97 Å². The number of phenolic OH excluding ortho intramolecular Hbond substituents is 1. The molecule has 1 aliphatic rings. The molecule has 0 spiro atoms. The molecule has 0 radical (unpaired) electrons. The van der Waals surface area contributed by atoms with E-state index in [1.807, 2.05) is 13.0 Å². The van der Waals surface area contributed by atoms with Gasteiger partial charge in [0.05, 0.1) is 5.92 Å². The van der Waals surface area contributed by atoms with Crippen molar-refractivity contribution in [2.24, 2.45) is 0 Å². The molecule has 16 heavy (non-hydrogen) atoms. The summed E-state index contributed by atoms with van der Waals surface area (Å²) in [6.07, 6.45) is 3.46. The number of carboxylic acids is 1. The summed E-state index contributed by atoms with van der Waals surface area (Å²) in [5.41, 5.74) is 2.91. The zero-order chi connectivity index (χ0) is 11.7. The minimum Gasteiger partial charge on any atom is -0.508 e. The first kappa shape index (κ1) is 11.0. The number of hydrogen-bond donors (Lipinski definition) is 2. The van der Waals surface area contributed by atoms with Crippen molar-refractivity contribution < 1.29 is 15.0 Å². The molecular formula is C13H16O3. The lowest BCUT2D eigenvalue weighted by Crippen LogP contribution is -2.13. The van der Waals surface area contributed by atoms with E-state index in [4.69, 9.17) is 0 Å². The lowest BCUT2D eigenvalue weighted by Gasteiger charge is -2.16. The molecule has 0 saturated heterocycles. The number of benzene rings is 1. The third kappa shape index (κ3) is 1.66. The Morgan fingerprint density at radius 2 is 2.19 bits per heavy atom. The first-order valence-corrected chi connectivity index (χ1v) is 5.71. The maximum absolute atomic E-state index is 11.2. The molecule has 86 valence electrons. The van der Waals surface area contributed by atoms with Crippen molar-refractivity contribution in [2.45, 2.75) is 38.5 Å². The second-order valence-corrected chi connectivity index (χ2v) is 4.29. The predicted octanol–water partition coefficient (Wildman–Crippen LogP) is 2.46. The summed E-state index contributed by atoms with van der Waals surface area (Å²) < 4.78 is 0. The van der Waals surface area contributed by atoms with E-state index in [2.05, 4.69) is 0 Å². The second-order valence-electron chi connectivity index (χ2n) is 4.29. The molecule has 0 unspecified atom stereocenters. The van der Waals surface area contributed by atoms with E-state index in [-0.39, 0.29) is 5.75 Å². The highest BCUT2D eigenvalue weighted by Gasteiger charge is 2.27. The molecule has 0 heterocycles. The number of carboxylic acid groups (broad SMARTS) is 1. The molecule has 1 aromatic carbocycles. The Kier molecular flexibility index (Phi) is 2.86. The van der Waals surface area contributed by atoms with Gasteiger partial charge in [0.1, 0.15) is 5.75 Å². The number of carbonyl (C=O) groups is 1. The fraction of sp³-hybridized carbons (Fsp3) is 0.462. The van der Waals surface area contributed by atoms with Crippen LogP contribution >= 0.6 is 0 Å². The van der Waals surface area contributed by atoms with E-state index in [9.17, 15) is 15.0 Å². The maximum atomic E-state index is 11.2. The molecule has 0 fully saturated rings. The van der Waals surface area contributed by atoms with Gasteiger partial charge >= 0.3 is 5.97 Å². The highest BCUT2D eigenvalue weighted by molar-refractivity contribution is 5.78. The quantitative estimate of drug-likeness (QED) is 0.822. The topological polar surface area (TPSA) is 57.5 Å². The van der Waals surface area contributed by atoms with Crippen LogP contribution in [0, 0.1) is 0 Å². The van der Waals surface area contributed by atoms with Gasteiger partial charge in [-0.2, -0.15) is 0 Å². The zero-order valence-corrected chi connectivity index (χ0v) is 9.36. The standard InChI is InChI=1S/C13H16O3/c1-2-9(13(15)16)12-10-5-3-4-8(10)6-7-11(12)14/h6-7,9,14H,2-5H2,1H3,(H,15,16)/t9-/m0/s1. The monoisotopic (exact) mass is 220 g/mol. The Bertz CT molecular complexity index is 423. The van der Waals surface area contributed by atoms with E-state index in [0.29, 0.717) is 12.0 Å². The molecule has 2 N–H and O–H groups in total. The molecular weight excluding hydrogens is 204 g/mol. The normalized spacial score (nSPS) is 15.8. The van der Waals surface area contributed by atoms with Crippen molar-refractivity contribution in [3.63, 3.8) is 0 Å². The lowest BCUT2D eigenvalue weighted by atomic mass is 9.89. The lowest BCUT2D eigenvalue weighted by molar-refractivity contribution is -0.138. The SMILES string of the molecule is CC[C@H](C(=O)O)c1c(O)ccc2c1CCC2. The van der Waals surface area contributed by atoms with Crippen LogP contribution in [0.4, 0.5) is 0 Å². The van der Waals surface area contributed by atoms with Crippen LogP contribution in [0.15, 0.2) is 12.1 Å². The van der Waals surface area contributed by atoms with Crippen LogP contribution in [0.1, 0.15) is 42.4 Å². The number of fused-ring (bicyclic) bond motifs is 1. The Labute approximate surface area is 94.7 Å². The summed E-state index contributed by atoms with van der Waals surface area (Å²) in [7, 11) is 0. The van der Waals surface area contributed by atoms with Crippen molar-refractivity contribution in [3.8, 4) is 5.75 Å². The van der Waals surface area contributed by atoms with Gasteiger partial charge in [0.2, 0.25) is 0 Å². The average molecular weight is 220 g/mol. The Hall–Kier alpha value is -1.51. The number of rotatable bonds is 3. The van der Waals surface area contributed by atoms with Crippen LogP contribution in [0.5, 0.6) is 5.75 Å². The molecule has 0 bridgehead atoms. The van der Waals surface area contributed by atoms with Crippen LogP contribution in [0.25, 0.3) is 0 Å². The van der Waals surface area contributed by atoms with Crippen LogP contribution in [-0.4, -0.2) is 16.2 Å². The van der Waals surface area contributed by atoms with Crippen molar-refractivity contribution in [2.75, 3.05) is 0 Å². The van der Waals surface area contributed by atoms with Crippen LogP contribution < -0.4 is 0 Å². The summed E-state index contributed by atoms with van der Waals surface area (Å²) in [5.74, 6) is -1.29. The van der Waals surface area contributed by atoms with Gasteiger partial charge in [0.15, 0.2) is 0 Å². The molecule has 0 aromatic heterocycles. The summed E-state index contributed by atoms with van der Waals surface area (Å²) in [5, 5.41) is 19.0. The van der Waals surface area contributed by atoms with Gasteiger partial charge in [-0.15, -0.1) is 0 Å². The first-order chi connectivity index (χ1) is 7.65. The second kappa shape index (κ2) is 4.16. The highest BCUT2D eigenvalue weighted by atomic mass is 16.4. The number of hydrogen-bond acceptors (Lipinski definition) is 2. The fourth-order valence-electron chi connectivity index (χ4n) is 2.57. The molecule has 3 nitrogen and oxygen atoms in total. The van der Waals surface area contributed by atoms with Gasteiger partial charge in [0.25, 0.3) is 0 Å². The van der Waals surface area contributed by atoms with Crippen molar-refractivity contribution in [1.29, 1.82) is 0 Å². The smallest absolute Gasteiger partial charge is 0.311 e. The Balaban J connectivity index is 2.54. The van der Waals surface area contributed by atoms with Crippen LogP contribution in [-0.2, 0) is 17.6 Å². The van der Waals surface area contributed by atoms with Gasteiger partial charge in [-0.25, -0.2) is 0 Å². The number of aryl methyl sites for hydroxylation is 1. The molecule has 0 aliphatic heterocycles. The van der Waals surface area contributed by atoms with E-state index in [1.54, 1.807) is 6.07 Å². The Morgan fingerprint density at radius 1 is 1.44 bits per heavy atom. The summed E-state index contributed by atoms with van der Waals surface area (Å²) >= 11 is 0. The van der Waals surface area contributed by atoms with Gasteiger partial charge in [-0.05, 0) is 42.9 Å². The first-order valence-electron chi connectivity index (χ1n) is 5.71. The fourth-order valence-corrected chi connectivity index (χ4v) is 2.57. The van der Waals surface area contributed by atoms with E-state index < -0.39 is 11.9 Å². The molecule has 0 saturated carbocycles. The minimum atomic E-state index is -0.849. The highest BCUT2D eigenvalue weighted by Crippen LogP contribution is 2.37. The van der Waals surface area contributed by atoms with Crippen LogP contribution in [0.2, 0.25) is 0 Å². The average Bonchev–Trinajstić information content (AvgIpc) is 2.69. The van der Waals surface area contributed by atoms with E-state index >= 15 is 0 Å². The Morgan fingerprint density at radius 3 is 2.81 bits per heavy atom. The number of phenols is 1. The summed E-state index contributed by atoms with van der Waals surface area (Å²) in [4.78, 5) is 11.2. The predicted molar refractivity (Wildman–Crippen MR) is 60.8 cm³/mol. The molecule has 3 heteroatoms. The molecule has 1 aliphatic carbocycles. The molecule has 1 atom stereocenters. The van der Waals surface area contributed by atoms with Gasteiger partial charge in [-0.3, -0.25) is 4.79 Å². The van der Waals surface area contributed by atoms with Crippen molar-refractivity contribution in [3.05, 3.63) is 28.8 Å². The van der Waals surface area contributed by atoms with E-state index in [0.717, 1.165) is 24.8 Å². The molecule has 2 rings (SSSR count). The van der Waals surface area contributed by atoms with E-state index in [1.165, 1.54) is 5.56 Å². The van der Waals surface area contributed by atoms with Crippen LogP contribution in [0.3, 0.4) is 0 Å². The third-order valence-corrected chi connectivity index (χ3v) is 3.36. The largest absolute Gasteiger partial charge is 0.508 e. The van der Waals surface area contributed by atoms with Gasteiger partial charge in [-0.1, -0.05) is 13.0 Å². The minimum absolute atomic E-state index is 0.134. The van der Waals surface area contributed by atoms with Gasteiger partial charge < -0.3 is 10.2 Å². The zero-order valence-electron chi connectivity index (χ0n) is 9.36. The van der Waals surface area contributed by atoms with Gasteiger partial charge in [0, 0.05) is 5.56 Å².